The van der Waals surface area contributed by atoms with E-state index in [1.807, 2.05) is 20.8 Å². The molecule has 0 saturated heterocycles. The fraction of sp³-hybridized carbons (Fsp3) is 0.600. The van der Waals surface area contributed by atoms with Crippen LogP contribution in [0.2, 0.25) is 0 Å². The van der Waals surface area contributed by atoms with Crippen molar-refractivity contribution in [2.45, 2.75) is 33.2 Å². The maximum atomic E-state index is 11.7. The van der Waals surface area contributed by atoms with Gasteiger partial charge in [-0.3, -0.25) is 9.48 Å². The number of hydrogen-bond acceptors (Lipinski definition) is 2. The van der Waals surface area contributed by atoms with Gasteiger partial charge in [0.2, 0.25) is 5.91 Å². The van der Waals surface area contributed by atoms with Crippen LogP contribution in [0.15, 0.2) is 10.7 Å². The zero-order valence-electron chi connectivity index (χ0n) is 9.25. The predicted octanol–water partition coefficient (Wildman–Crippen LogP) is 2.04. The van der Waals surface area contributed by atoms with Crippen molar-refractivity contribution in [3.8, 4) is 0 Å². The lowest BCUT2D eigenvalue weighted by molar-refractivity contribution is -0.124. The monoisotopic (exact) mass is 273 g/mol. The van der Waals surface area contributed by atoms with E-state index in [1.54, 1.807) is 10.9 Å². The summed E-state index contributed by atoms with van der Waals surface area (Å²) in [6, 6.07) is -0.261. The summed E-state index contributed by atoms with van der Waals surface area (Å²) in [6.07, 6.45) is 2.65. The molecule has 0 aliphatic carbocycles. The second-order valence-corrected chi connectivity index (χ2v) is 4.34. The van der Waals surface area contributed by atoms with Gasteiger partial charge in [-0.05, 0) is 36.2 Å². The third-order valence-electron chi connectivity index (χ3n) is 2.28. The van der Waals surface area contributed by atoms with Crippen molar-refractivity contribution in [1.29, 1.82) is 0 Å². The topological polar surface area (TPSA) is 46.9 Å². The Labute approximate surface area is 98.2 Å². The highest BCUT2D eigenvalue weighted by Crippen LogP contribution is 2.18. The van der Waals surface area contributed by atoms with Crippen molar-refractivity contribution in [2.75, 3.05) is 6.54 Å². The van der Waals surface area contributed by atoms with E-state index in [4.69, 9.17) is 0 Å². The minimum Gasteiger partial charge on any atom is -0.354 e. The van der Waals surface area contributed by atoms with Gasteiger partial charge < -0.3 is 5.32 Å². The zero-order valence-corrected chi connectivity index (χ0v) is 10.8. The van der Waals surface area contributed by atoms with Crippen molar-refractivity contribution in [1.82, 2.24) is 15.1 Å². The number of carbonyl (C=O) groups is 1. The summed E-state index contributed by atoms with van der Waals surface area (Å²) in [4.78, 5) is 11.7. The first-order chi connectivity index (χ1) is 7.07. The lowest BCUT2D eigenvalue weighted by Crippen LogP contribution is -2.32. The molecule has 84 valence electrons. The molecule has 4 nitrogen and oxygen atoms in total. The number of amides is 1. The Bertz CT molecular complexity index is 348. The maximum Gasteiger partial charge on any atom is 0.244 e. The molecule has 0 spiro atoms. The van der Waals surface area contributed by atoms with Crippen LogP contribution in [-0.4, -0.2) is 22.2 Å². The first kappa shape index (κ1) is 12.2. The lowest BCUT2D eigenvalue weighted by atomic mass is 10.3. The molecule has 1 rings (SSSR count). The summed E-state index contributed by atoms with van der Waals surface area (Å²) >= 11 is 3.37. The molecule has 0 radical (unpaired) electrons. The molecule has 0 saturated carbocycles. The molecule has 1 atom stereocenters. The molecule has 15 heavy (non-hydrogen) atoms. The largest absolute Gasteiger partial charge is 0.354 e. The average Bonchev–Trinajstić information content (AvgIpc) is 2.55. The molecule has 0 fully saturated rings. The second-order valence-electron chi connectivity index (χ2n) is 3.49. The molecule has 1 aromatic heterocycles. The van der Waals surface area contributed by atoms with Crippen LogP contribution in [0.5, 0.6) is 0 Å². The summed E-state index contributed by atoms with van der Waals surface area (Å²) < 4.78 is 2.65. The van der Waals surface area contributed by atoms with Crippen LogP contribution in [-0.2, 0) is 4.79 Å². The van der Waals surface area contributed by atoms with E-state index in [2.05, 4.69) is 26.3 Å². The van der Waals surface area contributed by atoms with Gasteiger partial charge in [-0.1, -0.05) is 6.92 Å². The van der Waals surface area contributed by atoms with Crippen LogP contribution in [0.25, 0.3) is 0 Å². The van der Waals surface area contributed by atoms with Gasteiger partial charge >= 0.3 is 0 Å². The van der Waals surface area contributed by atoms with E-state index in [-0.39, 0.29) is 11.9 Å². The Hall–Kier alpha value is -0.840. The highest BCUT2D eigenvalue weighted by atomic mass is 79.9. The molecule has 0 aromatic carbocycles. The fourth-order valence-corrected chi connectivity index (χ4v) is 1.57. The van der Waals surface area contributed by atoms with Crippen molar-refractivity contribution < 1.29 is 4.79 Å². The molecule has 0 bridgehead atoms. The molecule has 1 heterocycles. The first-order valence-corrected chi connectivity index (χ1v) is 5.84. The van der Waals surface area contributed by atoms with Crippen LogP contribution < -0.4 is 5.32 Å². The molecule has 0 aliphatic heterocycles. The van der Waals surface area contributed by atoms with Crippen molar-refractivity contribution >= 4 is 21.8 Å². The maximum absolute atomic E-state index is 11.7. The lowest BCUT2D eigenvalue weighted by Gasteiger charge is -2.13. The number of hydrogen-bond donors (Lipinski definition) is 1. The molecule has 1 aromatic rings. The smallest absolute Gasteiger partial charge is 0.244 e. The number of carbonyl (C=O) groups excluding carboxylic acids is 1. The quantitative estimate of drug-likeness (QED) is 0.913. The average molecular weight is 274 g/mol. The van der Waals surface area contributed by atoms with Gasteiger partial charge in [0.15, 0.2) is 0 Å². The minimum atomic E-state index is -0.261. The fourth-order valence-electron chi connectivity index (χ4n) is 1.30. The second kappa shape index (κ2) is 5.30. The van der Waals surface area contributed by atoms with Gasteiger partial charge in [0.25, 0.3) is 0 Å². The Morgan fingerprint density at radius 3 is 2.87 bits per heavy atom. The molecule has 1 unspecified atom stereocenters. The number of nitrogens with one attached hydrogen (secondary N) is 1. The van der Waals surface area contributed by atoms with Crippen LogP contribution in [0.3, 0.4) is 0 Å². The van der Waals surface area contributed by atoms with E-state index >= 15 is 0 Å². The molecular formula is C10H16BrN3O. The van der Waals surface area contributed by atoms with E-state index in [0.717, 1.165) is 16.6 Å². The number of nitrogens with zero attached hydrogens (tertiary/aromatic N) is 2. The first-order valence-electron chi connectivity index (χ1n) is 5.05. The highest BCUT2D eigenvalue weighted by molar-refractivity contribution is 9.10. The number of aromatic nitrogens is 2. The van der Waals surface area contributed by atoms with Gasteiger partial charge in [-0.15, -0.1) is 0 Å². The normalized spacial score (nSPS) is 12.5. The molecular weight excluding hydrogens is 258 g/mol. The van der Waals surface area contributed by atoms with Crippen molar-refractivity contribution in [3.05, 3.63) is 16.4 Å². The van der Waals surface area contributed by atoms with E-state index in [1.165, 1.54) is 0 Å². The number of rotatable bonds is 4. The third-order valence-corrected chi connectivity index (χ3v) is 3.06. The molecule has 0 aliphatic rings. The van der Waals surface area contributed by atoms with E-state index in [9.17, 15) is 4.79 Å². The summed E-state index contributed by atoms with van der Waals surface area (Å²) in [7, 11) is 0. The van der Waals surface area contributed by atoms with Gasteiger partial charge in [-0.25, -0.2) is 0 Å². The molecule has 1 N–H and O–H groups in total. The molecule has 1 amide bonds. The Morgan fingerprint density at radius 2 is 2.40 bits per heavy atom. The standard InChI is InChI=1S/C10H16BrN3O/c1-4-5-12-10(15)8(3)14-7(2)9(11)6-13-14/h6,8H,4-5H2,1-3H3,(H,12,15). The van der Waals surface area contributed by atoms with Crippen LogP contribution >= 0.6 is 15.9 Å². The SMILES string of the molecule is CCCNC(=O)C(C)n1ncc(Br)c1C. The van der Waals surface area contributed by atoms with Crippen LogP contribution in [0, 0.1) is 6.92 Å². The van der Waals surface area contributed by atoms with E-state index in [0.29, 0.717) is 6.54 Å². The van der Waals surface area contributed by atoms with Crippen LogP contribution in [0.4, 0.5) is 0 Å². The highest BCUT2D eigenvalue weighted by Gasteiger charge is 2.17. The summed E-state index contributed by atoms with van der Waals surface area (Å²) in [5, 5.41) is 7.01. The number of halogens is 1. The Morgan fingerprint density at radius 1 is 1.73 bits per heavy atom. The summed E-state index contributed by atoms with van der Waals surface area (Å²) in [5.41, 5.74) is 0.967. The minimum absolute atomic E-state index is 0.00977. The van der Waals surface area contributed by atoms with Crippen molar-refractivity contribution in [2.24, 2.45) is 0 Å². The third kappa shape index (κ3) is 2.81. The van der Waals surface area contributed by atoms with Gasteiger partial charge in [0.1, 0.15) is 6.04 Å². The zero-order chi connectivity index (χ0) is 11.4. The van der Waals surface area contributed by atoms with E-state index < -0.39 is 0 Å². The van der Waals surface area contributed by atoms with Gasteiger partial charge in [-0.2, -0.15) is 5.10 Å². The van der Waals surface area contributed by atoms with Gasteiger partial charge in [0.05, 0.1) is 16.4 Å². The Balaban J connectivity index is 2.71. The van der Waals surface area contributed by atoms with Gasteiger partial charge in [0, 0.05) is 6.54 Å². The molecule has 5 heteroatoms. The van der Waals surface area contributed by atoms with Crippen LogP contribution in [0.1, 0.15) is 32.0 Å². The summed E-state index contributed by atoms with van der Waals surface area (Å²) in [6.45, 7) is 6.52. The van der Waals surface area contributed by atoms with Crippen molar-refractivity contribution in [3.63, 3.8) is 0 Å². The summed E-state index contributed by atoms with van der Waals surface area (Å²) in [5.74, 6) is 0.00977. The Kier molecular flexibility index (Phi) is 4.32. The predicted molar refractivity (Wildman–Crippen MR) is 62.7 cm³/mol.